The van der Waals surface area contributed by atoms with Crippen molar-refractivity contribution in [2.24, 2.45) is 0 Å². The summed E-state index contributed by atoms with van der Waals surface area (Å²) in [5, 5.41) is 12.1. The molecule has 2 N–H and O–H groups in total. The van der Waals surface area contributed by atoms with Gasteiger partial charge in [-0.2, -0.15) is 5.10 Å². The Labute approximate surface area is 154 Å². The van der Waals surface area contributed by atoms with E-state index in [-0.39, 0.29) is 0 Å². The minimum Gasteiger partial charge on any atom is -0.381 e. The topological polar surface area (TPSA) is 44.0 Å². The number of aromatic nitrogens is 2. The van der Waals surface area contributed by atoms with Crippen molar-refractivity contribution in [2.75, 3.05) is 18.4 Å². The SMILES string of the molecule is c1cc(CN2CCCC(Nc3ccc4cn[nH]c4c3)C2)cc(C2CC2)c1. The van der Waals surface area contributed by atoms with Gasteiger partial charge in [0.25, 0.3) is 0 Å². The summed E-state index contributed by atoms with van der Waals surface area (Å²) in [5.41, 5.74) is 5.29. The molecule has 1 saturated carbocycles. The molecule has 134 valence electrons. The van der Waals surface area contributed by atoms with Crippen LogP contribution in [0.15, 0.2) is 48.7 Å². The van der Waals surface area contributed by atoms with Gasteiger partial charge in [0.1, 0.15) is 0 Å². The van der Waals surface area contributed by atoms with Gasteiger partial charge < -0.3 is 5.32 Å². The maximum Gasteiger partial charge on any atom is 0.0670 e. The van der Waals surface area contributed by atoms with Crippen LogP contribution in [0, 0.1) is 0 Å². The van der Waals surface area contributed by atoms with Crippen molar-refractivity contribution < 1.29 is 0 Å². The molecular formula is C22H26N4. The fraction of sp³-hybridized carbons (Fsp3) is 0.409. The monoisotopic (exact) mass is 346 g/mol. The number of piperidine rings is 1. The lowest BCUT2D eigenvalue weighted by atomic mass is 10.0. The van der Waals surface area contributed by atoms with Crippen LogP contribution in [0.3, 0.4) is 0 Å². The molecule has 0 bridgehead atoms. The minimum absolute atomic E-state index is 0.510. The summed E-state index contributed by atoms with van der Waals surface area (Å²) in [7, 11) is 0. The van der Waals surface area contributed by atoms with Crippen LogP contribution in [0.5, 0.6) is 0 Å². The normalized spacial score (nSPS) is 21.2. The number of benzene rings is 2. The summed E-state index contributed by atoms with van der Waals surface area (Å²) >= 11 is 0. The molecule has 1 aliphatic heterocycles. The molecule has 0 radical (unpaired) electrons. The highest BCUT2D eigenvalue weighted by molar-refractivity contribution is 5.81. The Kier molecular flexibility index (Phi) is 4.13. The van der Waals surface area contributed by atoms with Crippen molar-refractivity contribution in [2.45, 2.75) is 44.2 Å². The quantitative estimate of drug-likeness (QED) is 0.714. The first-order valence-electron chi connectivity index (χ1n) is 9.84. The van der Waals surface area contributed by atoms with E-state index in [4.69, 9.17) is 0 Å². The molecule has 0 amide bonds. The van der Waals surface area contributed by atoms with Gasteiger partial charge in [0.2, 0.25) is 0 Å². The Bertz CT molecular complexity index is 896. The van der Waals surface area contributed by atoms with E-state index in [0.29, 0.717) is 6.04 Å². The van der Waals surface area contributed by atoms with Crippen molar-refractivity contribution in [3.05, 3.63) is 59.8 Å². The second-order valence-electron chi connectivity index (χ2n) is 7.91. The van der Waals surface area contributed by atoms with Gasteiger partial charge in [-0.1, -0.05) is 24.3 Å². The van der Waals surface area contributed by atoms with Gasteiger partial charge in [-0.05, 0) is 67.5 Å². The molecular weight excluding hydrogens is 320 g/mol. The first-order chi connectivity index (χ1) is 12.8. The Balaban J connectivity index is 1.23. The van der Waals surface area contributed by atoms with Gasteiger partial charge in [-0.3, -0.25) is 10.00 Å². The van der Waals surface area contributed by atoms with Crippen LogP contribution in [0.4, 0.5) is 5.69 Å². The number of fused-ring (bicyclic) bond motifs is 1. The van der Waals surface area contributed by atoms with E-state index in [1.165, 1.54) is 43.5 Å². The van der Waals surface area contributed by atoms with Gasteiger partial charge in [0.05, 0.1) is 11.7 Å². The maximum atomic E-state index is 4.11. The van der Waals surface area contributed by atoms with Crippen molar-refractivity contribution in [3.8, 4) is 0 Å². The van der Waals surface area contributed by atoms with E-state index in [2.05, 4.69) is 62.9 Å². The van der Waals surface area contributed by atoms with Crippen molar-refractivity contribution >= 4 is 16.6 Å². The van der Waals surface area contributed by atoms with Crippen LogP contribution in [0.1, 0.15) is 42.7 Å². The molecule has 2 aromatic carbocycles. The van der Waals surface area contributed by atoms with Crippen LogP contribution >= 0.6 is 0 Å². The number of anilines is 1. The van der Waals surface area contributed by atoms with Crippen LogP contribution in [0.2, 0.25) is 0 Å². The molecule has 2 heterocycles. The highest BCUT2D eigenvalue weighted by atomic mass is 15.2. The minimum atomic E-state index is 0.510. The molecule has 4 heteroatoms. The third-order valence-corrected chi connectivity index (χ3v) is 5.72. The molecule has 0 spiro atoms. The summed E-state index contributed by atoms with van der Waals surface area (Å²) in [6, 6.07) is 16.2. The average molecular weight is 346 g/mol. The molecule has 26 heavy (non-hydrogen) atoms. The summed E-state index contributed by atoms with van der Waals surface area (Å²) in [6.45, 7) is 3.37. The van der Waals surface area contributed by atoms with Crippen molar-refractivity contribution in [1.29, 1.82) is 0 Å². The lowest BCUT2D eigenvalue weighted by Gasteiger charge is -2.33. The molecule has 2 fully saturated rings. The number of nitrogens with one attached hydrogen (secondary N) is 2. The van der Waals surface area contributed by atoms with Crippen molar-refractivity contribution in [1.82, 2.24) is 15.1 Å². The van der Waals surface area contributed by atoms with Crippen molar-refractivity contribution in [3.63, 3.8) is 0 Å². The second kappa shape index (κ2) is 6.76. The number of H-pyrrole nitrogens is 1. The number of nitrogens with zero attached hydrogens (tertiary/aromatic N) is 2. The molecule has 1 saturated heterocycles. The van der Waals surface area contributed by atoms with Gasteiger partial charge >= 0.3 is 0 Å². The largest absolute Gasteiger partial charge is 0.381 e. The lowest BCUT2D eigenvalue weighted by Crippen LogP contribution is -2.41. The zero-order chi connectivity index (χ0) is 17.3. The first-order valence-corrected chi connectivity index (χ1v) is 9.84. The van der Waals surface area contributed by atoms with E-state index < -0.39 is 0 Å². The molecule has 1 atom stereocenters. The molecule has 3 aromatic rings. The van der Waals surface area contributed by atoms with Gasteiger partial charge in [-0.15, -0.1) is 0 Å². The number of hydrogen-bond acceptors (Lipinski definition) is 3. The van der Waals surface area contributed by atoms with E-state index in [1.807, 2.05) is 6.20 Å². The van der Waals surface area contributed by atoms with Crippen LogP contribution in [-0.2, 0) is 6.54 Å². The highest BCUT2D eigenvalue weighted by Crippen LogP contribution is 2.40. The third kappa shape index (κ3) is 3.47. The fourth-order valence-electron chi connectivity index (χ4n) is 4.20. The predicted octanol–water partition coefficient (Wildman–Crippen LogP) is 4.52. The smallest absolute Gasteiger partial charge is 0.0670 e. The van der Waals surface area contributed by atoms with E-state index in [1.54, 1.807) is 5.56 Å². The van der Waals surface area contributed by atoms with E-state index >= 15 is 0 Å². The summed E-state index contributed by atoms with van der Waals surface area (Å²) in [6.07, 6.45) is 7.11. The van der Waals surface area contributed by atoms with Gasteiger partial charge in [-0.25, -0.2) is 0 Å². The lowest BCUT2D eigenvalue weighted by molar-refractivity contribution is 0.208. The molecule has 5 rings (SSSR count). The fourth-order valence-corrected chi connectivity index (χ4v) is 4.20. The predicted molar refractivity (Wildman–Crippen MR) is 106 cm³/mol. The summed E-state index contributed by atoms with van der Waals surface area (Å²) in [4.78, 5) is 2.60. The van der Waals surface area contributed by atoms with Gasteiger partial charge in [0, 0.05) is 30.2 Å². The number of likely N-dealkylation sites (tertiary alicyclic amines) is 1. The zero-order valence-electron chi connectivity index (χ0n) is 15.1. The maximum absolute atomic E-state index is 4.11. The van der Waals surface area contributed by atoms with E-state index in [0.717, 1.165) is 29.9 Å². The number of rotatable bonds is 5. The summed E-state index contributed by atoms with van der Waals surface area (Å²) < 4.78 is 0. The summed E-state index contributed by atoms with van der Waals surface area (Å²) in [5.74, 6) is 0.836. The molecule has 4 nitrogen and oxygen atoms in total. The Morgan fingerprint density at radius 3 is 3.00 bits per heavy atom. The standard InChI is InChI=1S/C22H26N4/c1-3-16(11-18(4-1)17-6-7-17)14-26-10-2-5-21(15-26)24-20-9-8-19-13-23-25-22(19)12-20/h1,3-4,8-9,11-13,17,21,24H,2,5-7,10,14-15H2,(H,23,25). The molecule has 1 aliphatic carbocycles. The van der Waals surface area contributed by atoms with E-state index in [9.17, 15) is 0 Å². The average Bonchev–Trinajstić information content (AvgIpc) is 3.41. The third-order valence-electron chi connectivity index (χ3n) is 5.72. The molecule has 1 aromatic heterocycles. The first kappa shape index (κ1) is 15.9. The zero-order valence-corrected chi connectivity index (χ0v) is 15.1. The molecule has 2 aliphatic rings. The second-order valence-corrected chi connectivity index (χ2v) is 7.91. The highest BCUT2D eigenvalue weighted by Gasteiger charge is 2.24. The number of aromatic amines is 1. The van der Waals surface area contributed by atoms with Crippen LogP contribution in [-0.4, -0.2) is 34.2 Å². The van der Waals surface area contributed by atoms with Gasteiger partial charge in [0.15, 0.2) is 0 Å². The Morgan fingerprint density at radius 1 is 1.12 bits per heavy atom. The van der Waals surface area contributed by atoms with Crippen LogP contribution in [0.25, 0.3) is 10.9 Å². The molecule has 1 unspecified atom stereocenters. The Morgan fingerprint density at radius 2 is 2.08 bits per heavy atom. The Hall–Kier alpha value is -2.33. The van der Waals surface area contributed by atoms with Crippen LogP contribution < -0.4 is 5.32 Å². The number of hydrogen-bond donors (Lipinski definition) is 2.